The van der Waals surface area contributed by atoms with E-state index in [9.17, 15) is 5.11 Å². The minimum Gasteiger partial charge on any atom is -0.386 e. The number of aromatic nitrogens is 2. The van der Waals surface area contributed by atoms with Gasteiger partial charge in [0, 0.05) is 38.2 Å². The average molecular weight is 396 g/mol. The third-order valence-corrected chi connectivity index (χ3v) is 5.79. The normalized spacial score (nSPS) is 16.8. The Morgan fingerprint density at radius 2 is 1.97 bits per heavy atom. The third-order valence-electron chi connectivity index (χ3n) is 5.79. The topological polar surface area (TPSA) is 64.5 Å². The van der Waals surface area contributed by atoms with E-state index in [2.05, 4.69) is 47.4 Å². The van der Waals surface area contributed by atoms with Crippen LogP contribution in [0.2, 0.25) is 0 Å². The predicted molar refractivity (Wildman–Crippen MR) is 117 cm³/mol. The number of hydrogen-bond acceptors (Lipinski definition) is 6. The lowest BCUT2D eigenvalue weighted by atomic mass is 9.91. The Morgan fingerprint density at radius 3 is 2.66 bits per heavy atom. The summed E-state index contributed by atoms with van der Waals surface area (Å²) in [5.41, 5.74) is 2.83. The first-order valence-corrected chi connectivity index (χ1v) is 10.7. The van der Waals surface area contributed by atoms with Gasteiger partial charge in [-0.2, -0.15) is 0 Å². The summed E-state index contributed by atoms with van der Waals surface area (Å²) in [6.45, 7) is 7.30. The van der Waals surface area contributed by atoms with Gasteiger partial charge in [-0.25, -0.2) is 9.97 Å². The molecular formula is C23H33N5O. The van der Waals surface area contributed by atoms with Crippen molar-refractivity contribution >= 4 is 11.6 Å². The fourth-order valence-corrected chi connectivity index (χ4v) is 3.77. The third kappa shape index (κ3) is 4.87. The minimum absolute atomic E-state index is 0.524. The van der Waals surface area contributed by atoms with Gasteiger partial charge in [-0.1, -0.05) is 18.2 Å². The monoisotopic (exact) mass is 395 g/mol. The molecule has 0 unspecified atom stereocenters. The van der Waals surface area contributed by atoms with Gasteiger partial charge in [-0.05, 0) is 63.9 Å². The zero-order valence-electron chi connectivity index (χ0n) is 18.1. The molecule has 0 radical (unpaired) electrons. The summed E-state index contributed by atoms with van der Waals surface area (Å²) in [6.07, 6.45) is 3.36. The molecule has 0 bridgehead atoms. The van der Waals surface area contributed by atoms with Crippen molar-refractivity contribution in [3.63, 3.8) is 0 Å². The van der Waals surface area contributed by atoms with Crippen LogP contribution in [0.25, 0.3) is 0 Å². The van der Waals surface area contributed by atoms with Gasteiger partial charge in [0.1, 0.15) is 17.5 Å². The largest absolute Gasteiger partial charge is 0.386 e. The number of likely N-dealkylation sites (N-methyl/N-ethyl adjacent to an activating group) is 1. The molecule has 0 spiro atoms. The van der Waals surface area contributed by atoms with Gasteiger partial charge >= 0.3 is 0 Å². The molecule has 2 aliphatic rings. The molecule has 1 aromatic carbocycles. The van der Waals surface area contributed by atoms with Gasteiger partial charge in [0.25, 0.3) is 0 Å². The van der Waals surface area contributed by atoms with Crippen molar-refractivity contribution in [1.29, 1.82) is 0 Å². The van der Waals surface area contributed by atoms with Crippen LogP contribution in [0.15, 0.2) is 24.3 Å². The molecule has 6 nitrogen and oxygen atoms in total. The van der Waals surface area contributed by atoms with E-state index >= 15 is 0 Å². The van der Waals surface area contributed by atoms with Gasteiger partial charge in [-0.15, -0.1) is 0 Å². The zero-order valence-corrected chi connectivity index (χ0v) is 18.1. The number of aliphatic hydroxyl groups is 1. The van der Waals surface area contributed by atoms with Crippen LogP contribution in [0.1, 0.15) is 55.1 Å². The lowest BCUT2D eigenvalue weighted by Crippen LogP contribution is -2.32. The summed E-state index contributed by atoms with van der Waals surface area (Å²) in [5, 5.41) is 13.8. The highest BCUT2D eigenvalue weighted by Crippen LogP contribution is 2.39. The van der Waals surface area contributed by atoms with E-state index < -0.39 is 5.60 Å². The number of anilines is 2. The van der Waals surface area contributed by atoms with Crippen LogP contribution in [0.4, 0.5) is 11.6 Å². The van der Waals surface area contributed by atoms with E-state index in [1.54, 1.807) is 0 Å². The number of nitrogens with one attached hydrogen (secondary N) is 1. The van der Waals surface area contributed by atoms with Crippen molar-refractivity contribution in [3.8, 4) is 0 Å². The smallest absolute Gasteiger partial charge is 0.136 e. The van der Waals surface area contributed by atoms with Gasteiger partial charge < -0.3 is 20.2 Å². The maximum Gasteiger partial charge on any atom is 0.136 e. The summed E-state index contributed by atoms with van der Waals surface area (Å²) < 4.78 is 0. The molecule has 1 aliphatic carbocycles. The fourth-order valence-electron chi connectivity index (χ4n) is 3.77. The number of nitrogens with zero attached hydrogens (tertiary/aromatic N) is 4. The Bertz CT molecular complexity index is 870. The lowest BCUT2D eigenvalue weighted by molar-refractivity contribution is 0.0785. The van der Waals surface area contributed by atoms with E-state index in [0.29, 0.717) is 5.92 Å². The van der Waals surface area contributed by atoms with Crippen LogP contribution in [-0.4, -0.2) is 53.7 Å². The molecule has 1 aliphatic heterocycles. The van der Waals surface area contributed by atoms with E-state index in [1.165, 1.54) is 24.0 Å². The Hall–Kier alpha value is -2.18. The molecule has 2 N–H and O–H groups in total. The second kappa shape index (κ2) is 7.92. The van der Waals surface area contributed by atoms with Crippen molar-refractivity contribution in [1.82, 2.24) is 14.9 Å². The predicted octanol–water partition coefficient (Wildman–Crippen LogP) is 3.12. The molecule has 2 aromatic rings. The quantitative estimate of drug-likeness (QED) is 0.751. The van der Waals surface area contributed by atoms with Crippen LogP contribution in [-0.2, 0) is 18.6 Å². The highest BCUT2D eigenvalue weighted by atomic mass is 16.3. The first kappa shape index (κ1) is 20.1. The molecule has 0 saturated heterocycles. The second-order valence-corrected chi connectivity index (χ2v) is 9.19. The van der Waals surface area contributed by atoms with E-state index in [1.807, 2.05) is 19.9 Å². The molecule has 0 amide bonds. The van der Waals surface area contributed by atoms with Crippen LogP contribution in [0, 0.1) is 0 Å². The summed E-state index contributed by atoms with van der Waals surface area (Å²) in [6, 6.07) is 8.47. The van der Waals surface area contributed by atoms with Crippen LogP contribution in [0.5, 0.6) is 0 Å². The summed E-state index contributed by atoms with van der Waals surface area (Å²) in [7, 11) is 4.16. The summed E-state index contributed by atoms with van der Waals surface area (Å²) >= 11 is 0. The lowest BCUT2D eigenvalue weighted by Gasteiger charge is -2.31. The van der Waals surface area contributed by atoms with E-state index in [-0.39, 0.29) is 0 Å². The summed E-state index contributed by atoms with van der Waals surface area (Å²) in [4.78, 5) is 14.2. The van der Waals surface area contributed by atoms with Gasteiger partial charge in [0.15, 0.2) is 0 Å². The Balaban J connectivity index is 1.54. The standard InChI is InChI=1S/C23H33N5O/c1-23(2,29)19-8-7-18-15-28(11-9-17(18)13-19)21-14-20(24-10-12-27(3)4)25-22(26-21)16-5-6-16/h7-8,13-14,16,29H,5-6,9-12,15H2,1-4H3,(H,24,25,26). The first-order valence-electron chi connectivity index (χ1n) is 10.7. The number of hydrogen-bond donors (Lipinski definition) is 2. The maximum absolute atomic E-state index is 10.3. The van der Waals surface area contributed by atoms with Gasteiger partial charge in [-0.3, -0.25) is 0 Å². The number of benzene rings is 1. The highest BCUT2D eigenvalue weighted by molar-refractivity contribution is 5.52. The zero-order chi connectivity index (χ0) is 20.6. The number of fused-ring (bicyclic) bond motifs is 1. The molecule has 0 atom stereocenters. The molecule has 1 saturated carbocycles. The van der Waals surface area contributed by atoms with Crippen LogP contribution >= 0.6 is 0 Å². The molecule has 156 valence electrons. The Kier molecular flexibility index (Phi) is 5.49. The minimum atomic E-state index is -0.800. The van der Waals surface area contributed by atoms with Crippen molar-refractivity contribution in [3.05, 3.63) is 46.8 Å². The van der Waals surface area contributed by atoms with Crippen molar-refractivity contribution in [2.45, 2.75) is 51.2 Å². The Labute approximate surface area is 174 Å². The van der Waals surface area contributed by atoms with Crippen molar-refractivity contribution < 1.29 is 5.11 Å². The molecule has 6 heteroatoms. The second-order valence-electron chi connectivity index (χ2n) is 9.19. The molecule has 1 fully saturated rings. The average Bonchev–Trinajstić information content (AvgIpc) is 3.51. The molecule has 1 aromatic heterocycles. The van der Waals surface area contributed by atoms with E-state index in [0.717, 1.165) is 55.6 Å². The van der Waals surface area contributed by atoms with Crippen LogP contribution in [0.3, 0.4) is 0 Å². The van der Waals surface area contributed by atoms with Crippen LogP contribution < -0.4 is 10.2 Å². The molecule has 2 heterocycles. The summed E-state index contributed by atoms with van der Waals surface area (Å²) in [5.74, 6) is 3.46. The van der Waals surface area contributed by atoms with Crippen molar-refractivity contribution in [2.75, 3.05) is 43.9 Å². The Morgan fingerprint density at radius 1 is 1.17 bits per heavy atom. The van der Waals surface area contributed by atoms with Crippen molar-refractivity contribution in [2.24, 2.45) is 0 Å². The van der Waals surface area contributed by atoms with E-state index in [4.69, 9.17) is 9.97 Å². The molecule has 4 rings (SSSR count). The maximum atomic E-state index is 10.3. The fraction of sp³-hybridized carbons (Fsp3) is 0.565. The van der Waals surface area contributed by atoms with Gasteiger partial charge in [0.05, 0.1) is 5.60 Å². The SMILES string of the molecule is CN(C)CCNc1cc(N2CCc3cc(C(C)(C)O)ccc3C2)nc(C2CC2)n1. The highest BCUT2D eigenvalue weighted by Gasteiger charge is 2.29. The molecular weight excluding hydrogens is 362 g/mol. The molecule has 29 heavy (non-hydrogen) atoms. The number of rotatable bonds is 7. The first-order chi connectivity index (χ1) is 13.8. The van der Waals surface area contributed by atoms with Gasteiger partial charge in [0.2, 0.25) is 0 Å².